The number of nitro groups is 1. The van der Waals surface area contributed by atoms with Crippen molar-refractivity contribution in [2.24, 2.45) is 0 Å². The maximum Gasteiger partial charge on any atom is 0.269 e. The van der Waals surface area contributed by atoms with Gasteiger partial charge < -0.3 is 0 Å². The van der Waals surface area contributed by atoms with E-state index in [-0.39, 0.29) is 10.6 Å². The molecule has 0 saturated carbocycles. The minimum absolute atomic E-state index is 0.123. The zero-order valence-electron chi connectivity index (χ0n) is 10.4. The van der Waals surface area contributed by atoms with Crippen LogP contribution >= 0.6 is 0 Å². The van der Waals surface area contributed by atoms with E-state index in [4.69, 9.17) is 0 Å². The molecule has 0 spiro atoms. The van der Waals surface area contributed by atoms with Crippen molar-refractivity contribution in [2.45, 2.75) is 20.3 Å². The van der Waals surface area contributed by atoms with Crippen LogP contribution in [0.25, 0.3) is 0 Å². The van der Waals surface area contributed by atoms with Crippen molar-refractivity contribution in [3.63, 3.8) is 0 Å². The van der Waals surface area contributed by atoms with Gasteiger partial charge in [0.05, 0.1) is 4.92 Å². The maximum absolute atomic E-state index is 10.6. The first-order chi connectivity index (χ1) is 8.58. The van der Waals surface area contributed by atoms with E-state index < -0.39 is 0 Å². The topological polar surface area (TPSA) is 56.0 Å². The predicted octanol–water partition coefficient (Wildman–Crippen LogP) is 3.20. The number of nitrogens with zero attached hydrogens (tertiary/aromatic N) is 2. The molecule has 0 unspecified atom stereocenters. The zero-order valence-corrected chi connectivity index (χ0v) is 10.4. The largest absolute Gasteiger partial charge is 0.269 e. The van der Waals surface area contributed by atoms with Crippen LogP contribution in [0.4, 0.5) is 5.69 Å². The fourth-order valence-electron chi connectivity index (χ4n) is 1.82. The van der Waals surface area contributed by atoms with Gasteiger partial charge in [-0.15, -0.1) is 0 Å². The van der Waals surface area contributed by atoms with Gasteiger partial charge >= 0.3 is 0 Å². The summed E-state index contributed by atoms with van der Waals surface area (Å²) in [5.41, 5.74) is 4.72. The van der Waals surface area contributed by atoms with Gasteiger partial charge in [-0.25, -0.2) is 0 Å². The lowest BCUT2D eigenvalue weighted by Crippen LogP contribution is -1.96. The van der Waals surface area contributed by atoms with Gasteiger partial charge in [0.15, 0.2) is 0 Å². The third kappa shape index (κ3) is 2.53. The molecule has 2 rings (SSSR count). The second-order valence-electron chi connectivity index (χ2n) is 4.34. The Kier molecular flexibility index (Phi) is 3.37. The summed E-state index contributed by atoms with van der Waals surface area (Å²) in [4.78, 5) is 14.4. The van der Waals surface area contributed by atoms with Crippen LogP contribution in [0.1, 0.15) is 22.3 Å². The van der Waals surface area contributed by atoms with Crippen LogP contribution in [0, 0.1) is 24.0 Å². The number of aromatic nitrogens is 1. The molecule has 0 aliphatic carbocycles. The van der Waals surface area contributed by atoms with E-state index in [9.17, 15) is 10.1 Å². The highest BCUT2D eigenvalue weighted by molar-refractivity contribution is 5.38. The highest BCUT2D eigenvalue weighted by Gasteiger charge is 2.06. The quantitative estimate of drug-likeness (QED) is 0.613. The lowest BCUT2D eigenvalue weighted by molar-refractivity contribution is -0.384. The van der Waals surface area contributed by atoms with Gasteiger partial charge in [0.2, 0.25) is 0 Å². The third-order valence-electron chi connectivity index (χ3n) is 3.11. The molecule has 1 aromatic carbocycles. The van der Waals surface area contributed by atoms with Gasteiger partial charge in [0.1, 0.15) is 0 Å². The summed E-state index contributed by atoms with van der Waals surface area (Å²) in [5.74, 6) is 0. The molecule has 0 atom stereocenters. The van der Waals surface area contributed by atoms with E-state index in [0.717, 1.165) is 23.1 Å². The van der Waals surface area contributed by atoms with E-state index in [1.54, 1.807) is 12.1 Å². The van der Waals surface area contributed by atoms with Crippen molar-refractivity contribution in [2.75, 3.05) is 0 Å². The van der Waals surface area contributed by atoms with Crippen molar-refractivity contribution in [3.05, 3.63) is 69.0 Å². The van der Waals surface area contributed by atoms with Crippen LogP contribution in [0.2, 0.25) is 0 Å². The first kappa shape index (κ1) is 12.2. The summed E-state index contributed by atoms with van der Waals surface area (Å²) >= 11 is 0. The summed E-state index contributed by atoms with van der Waals surface area (Å²) in [6.07, 6.45) is 4.44. The fraction of sp³-hybridized carbons (Fsp3) is 0.214. The summed E-state index contributed by atoms with van der Waals surface area (Å²) < 4.78 is 0. The van der Waals surface area contributed by atoms with Crippen LogP contribution in [0.3, 0.4) is 0 Å². The second-order valence-corrected chi connectivity index (χ2v) is 4.34. The Hall–Kier alpha value is -2.23. The van der Waals surface area contributed by atoms with E-state index in [1.807, 2.05) is 19.3 Å². The molecule has 0 N–H and O–H groups in total. The molecule has 0 fully saturated rings. The molecule has 92 valence electrons. The first-order valence-electron chi connectivity index (χ1n) is 5.71. The number of aryl methyl sites for hydroxylation is 1. The van der Waals surface area contributed by atoms with E-state index in [0.29, 0.717) is 0 Å². The lowest BCUT2D eigenvalue weighted by Gasteiger charge is -2.07. The first-order valence-corrected chi connectivity index (χ1v) is 5.71. The number of benzene rings is 1. The minimum Gasteiger partial charge on any atom is -0.264 e. The Bertz CT molecular complexity index is 577. The second kappa shape index (κ2) is 4.96. The van der Waals surface area contributed by atoms with Gasteiger partial charge in [-0.2, -0.15) is 0 Å². The van der Waals surface area contributed by atoms with E-state index in [1.165, 1.54) is 17.7 Å². The van der Waals surface area contributed by atoms with Crippen molar-refractivity contribution in [1.82, 2.24) is 4.98 Å². The fourth-order valence-corrected chi connectivity index (χ4v) is 1.82. The van der Waals surface area contributed by atoms with E-state index in [2.05, 4.69) is 11.9 Å². The molecule has 18 heavy (non-hydrogen) atoms. The average molecular weight is 242 g/mol. The molecule has 0 saturated heterocycles. The maximum atomic E-state index is 10.6. The van der Waals surface area contributed by atoms with Crippen LogP contribution in [-0.4, -0.2) is 9.91 Å². The molecule has 1 aromatic heterocycles. The smallest absolute Gasteiger partial charge is 0.264 e. The molecule has 0 bridgehead atoms. The molecule has 0 amide bonds. The van der Waals surface area contributed by atoms with Crippen LogP contribution < -0.4 is 0 Å². The molecular weight excluding hydrogens is 228 g/mol. The van der Waals surface area contributed by atoms with Crippen LogP contribution in [0.15, 0.2) is 36.7 Å². The molecular formula is C14H14N2O2. The van der Waals surface area contributed by atoms with Gasteiger partial charge in [0.25, 0.3) is 5.69 Å². The number of nitro benzene ring substituents is 1. The average Bonchev–Trinajstić information content (AvgIpc) is 2.36. The number of hydrogen-bond acceptors (Lipinski definition) is 3. The number of rotatable bonds is 3. The van der Waals surface area contributed by atoms with Crippen LogP contribution in [0.5, 0.6) is 0 Å². The van der Waals surface area contributed by atoms with Crippen molar-refractivity contribution < 1.29 is 4.92 Å². The molecule has 2 aromatic rings. The Morgan fingerprint density at radius 1 is 1.17 bits per heavy atom. The Labute approximate surface area is 105 Å². The Balaban J connectivity index is 2.24. The summed E-state index contributed by atoms with van der Waals surface area (Å²) in [6.45, 7) is 4.10. The SMILES string of the molecule is Cc1cncc(Cc2ccc([N+](=O)[O-])cc2)c1C. The van der Waals surface area contributed by atoms with Gasteiger partial charge in [-0.3, -0.25) is 15.1 Å². The normalized spacial score (nSPS) is 10.3. The number of non-ortho nitro benzene ring substituents is 1. The lowest BCUT2D eigenvalue weighted by atomic mass is 10.00. The van der Waals surface area contributed by atoms with Gasteiger partial charge in [-0.1, -0.05) is 12.1 Å². The predicted molar refractivity (Wildman–Crippen MR) is 69.6 cm³/mol. The highest BCUT2D eigenvalue weighted by Crippen LogP contribution is 2.18. The molecule has 4 heteroatoms. The summed E-state index contributed by atoms with van der Waals surface area (Å²) in [7, 11) is 0. The summed E-state index contributed by atoms with van der Waals surface area (Å²) in [6, 6.07) is 6.65. The molecule has 0 aliphatic rings. The number of pyridine rings is 1. The molecule has 4 nitrogen and oxygen atoms in total. The molecule has 1 heterocycles. The van der Waals surface area contributed by atoms with Gasteiger partial charge in [-0.05, 0) is 42.5 Å². The van der Waals surface area contributed by atoms with Gasteiger partial charge in [0, 0.05) is 24.5 Å². The molecule has 0 aliphatic heterocycles. The Morgan fingerprint density at radius 3 is 2.44 bits per heavy atom. The van der Waals surface area contributed by atoms with Crippen molar-refractivity contribution >= 4 is 5.69 Å². The van der Waals surface area contributed by atoms with Crippen LogP contribution in [-0.2, 0) is 6.42 Å². The monoisotopic (exact) mass is 242 g/mol. The number of hydrogen-bond donors (Lipinski definition) is 0. The zero-order chi connectivity index (χ0) is 13.1. The third-order valence-corrected chi connectivity index (χ3v) is 3.11. The standard InChI is InChI=1S/C14H14N2O2/c1-10-8-15-9-13(11(10)2)7-12-3-5-14(6-4-12)16(17)18/h3-6,8-9H,7H2,1-2H3. The summed E-state index contributed by atoms with van der Waals surface area (Å²) in [5, 5.41) is 10.6. The van der Waals surface area contributed by atoms with Crippen molar-refractivity contribution in [1.29, 1.82) is 0 Å². The Morgan fingerprint density at radius 2 is 1.83 bits per heavy atom. The molecule has 0 radical (unpaired) electrons. The minimum atomic E-state index is -0.386. The van der Waals surface area contributed by atoms with Crippen molar-refractivity contribution in [3.8, 4) is 0 Å². The highest BCUT2D eigenvalue weighted by atomic mass is 16.6. The van der Waals surface area contributed by atoms with E-state index >= 15 is 0 Å².